The number of carbonyl (C=O) groups is 3. The van der Waals surface area contributed by atoms with Gasteiger partial charge in [-0.15, -0.1) is 11.3 Å². The number of hydrazine groups is 1. The van der Waals surface area contributed by atoms with Crippen LogP contribution in [0.3, 0.4) is 0 Å². The molecule has 2 N–H and O–H groups in total. The second kappa shape index (κ2) is 9.67. The number of aromatic nitrogens is 1. The van der Waals surface area contributed by atoms with Crippen molar-refractivity contribution in [3.63, 3.8) is 0 Å². The normalized spacial score (nSPS) is 10.2. The quantitative estimate of drug-likeness (QED) is 0.581. The van der Waals surface area contributed by atoms with E-state index in [2.05, 4.69) is 15.7 Å². The molecule has 27 heavy (non-hydrogen) atoms. The largest absolute Gasteiger partial charge is 0.461 e. The van der Waals surface area contributed by atoms with E-state index in [1.54, 1.807) is 19.1 Å². The van der Waals surface area contributed by atoms with Crippen LogP contribution in [0.2, 0.25) is 0 Å². The second-order valence-electron chi connectivity index (χ2n) is 5.65. The van der Waals surface area contributed by atoms with E-state index >= 15 is 0 Å². The van der Waals surface area contributed by atoms with Gasteiger partial charge in [-0.05, 0) is 32.4 Å². The third-order valence-corrected chi connectivity index (χ3v) is 4.21. The number of anilines is 2. The molecule has 144 valence electrons. The predicted molar refractivity (Wildman–Crippen MR) is 104 cm³/mol. The van der Waals surface area contributed by atoms with Crippen molar-refractivity contribution >= 4 is 40.1 Å². The van der Waals surface area contributed by atoms with Crippen molar-refractivity contribution in [1.82, 2.24) is 10.4 Å². The van der Waals surface area contributed by atoms with Gasteiger partial charge in [0.1, 0.15) is 0 Å². The fourth-order valence-electron chi connectivity index (χ4n) is 2.08. The van der Waals surface area contributed by atoms with E-state index in [4.69, 9.17) is 4.74 Å². The number of thiazole rings is 1. The van der Waals surface area contributed by atoms with Crippen LogP contribution in [0.1, 0.15) is 42.7 Å². The Morgan fingerprint density at radius 1 is 1.19 bits per heavy atom. The maximum absolute atomic E-state index is 12.7. The average Bonchev–Trinajstić information content (AvgIpc) is 3.12. The molecule has 0 unspecified atom stereocenters. The first-order valence-electron chi connectivity index (χ1n) is 8.54. The maximum atomic E-state index is 12.7. The molecule has 0 atom stereocenters. The molecule has 1 aromatic carbocycles. The molecule has 9 heteroatoms. The highest BCUT2D eigenvalue weighted by Crippen LogP contribution is 2.21. The highest BCUT2D eigenvalue weighted by molar-refractivity contribution is 7.14. The van der Waals surface area contributed by atoms with E-state index < -0.39 is 12.0 Å². The summed E-state index contributed by atoms with van der Waals surface area (Å²) in [5, 5.41) is 5.34. The van der Waals surface area contributed by atoms with Gasteiger partial charge in [-0.1, -0.05) is 24.6 Å². The molecule has 0 spiro atoms. The Balaban J connectivity index is 2.22. The number of aryl methyl sites for hydroxylation is 1. The fraction of sp³-hybridized carbons (Fsp3) is 0.333. The molecule has 0 aliphatic carbocycles. The third kappa shape index (κ3) is 5.78. The van der Waals surface area contributed by atoms with Gasteiger partial charge >= 0.3 is 12.0 Å². The highest BCUT2D eigenvalue weighted by atomic mass is 32.1. The molecule has 1 heterocycles. The summed E-state index contributed by atoms with van der Waals surface area (Å²) in [4.78, 5) is 40.6. The summed E-state index contributed by atoms with van der Waals surface area (Å²) in [6.07, 6.45) is 0.885. The van der Waals surface area contributed by atoms with E-state index in [1.807, 2.05) is 26.0 Å². The van der Waals surface area contributed by atoms with E-state index in [1.165, 1.54) is 5.38 Å². The van der Waals surface area contributed by atoms with E-state index in [9.17, 15) is 14.4 Å². The molecule has 3 amide bonds. The molecule has 0 radical (unpaired) electrons. The van der Waals surface area contributed by atoms with Gasteiger partial charge in [0.25, 0.3) is 0 Å². The zero-order valence-corrected chi connectivity index (χ0v) is 16.3. The summed E-state index contributed by atoms with van der Waals surface area (Å²) in [5.41, 5.74) is 4.23. The first kappa shape index (κ1) is 20.4. The second-order valence-corrected chi connectivity index (χ2v) is 6.49. The van der Waals surface area contributed by atoms with Crippen LogP contribution in [0, 0.1) is 6.92 Å². The Morgan fingerprint density at radius 3 is 2.52 bits per heavy atom. The van der Waals surface area contributed by atoms with Crippen molar-refractivity contribution in [3.8, 4) is 0 Å². The molecule has 0 saturated heterocycles. The van der Waals surface area contributed by atoms with Crippen LogP contribution < -0.4 is 15.8 Å². The van der Waals surface area contributed by atoms with Crippen LogP contribution in [0.5, 0.6) is 0 Å². The Bertz CT molecular complexity index is 804. The lowest BCUT2D eigenvalue weighted by molar-refractivity contribution is -0.121. The van der Waals surface area contributed by atoms with Crippen LogP contribution >= 0.6 is 11.3 Å². The molecule has 1 aromatic heterocycles. The third-order valence-electron chi connectivity index (χ3n) is 3.39. The minimum Gasteiger partial charge on any atom is -0.461 e. The molecule has 0 bridgehead atoms. The van der Waals surface area contributed by atoms with Gasteiger partial charge in [-0.2, -0.15) is 5.01 Å². The first-order chi connectivity index (χ1) is 12.9. The minimum atomic E-state index is -0.590. The molecule has 0 aliphatic rings. The predicted octanol–water partition coefficient (Wildman–Crippen LogP) is 3.50. The van der Waals surface area contributed by atoms with E-state index in [-0.39, 0.29) is 29.8 Å². The molecule has 2 rings (SSSR count). The number of esters is 1. The van der Waals surface area contributed by atoms with Crippen molar-refractivity contribution in [3.05, 3.63) is 40.9 Å². The molecular weight excluding hydrogens is 368 g/mol. The first-order valence-corrected chi connectivity index (χ1v) is 9.42. The number of hydrogen-bond acceptors (Lipinski definition) is 6. The van der Waals surface area contributed by atoms with Crippen molar-refractivity contribution in [2.45, 2.75) is 33.6 Å². The number of nitrogens with zero attached hydrogens (tertiary/aromatic N) is 2. The van der Waals surface area contributed by atoms with E-state index in [0.29, 0.717) is 12.1 Å². The Hall–Kier alpha value is -2.94. The lowest BCUT2D eigenvalue weighted by Gasteiger charge is -2.21. The lowest BCUT2D eigenvalue weighted by atomic mass is 10.2. The monoisotopic (exact) mass is 390 g/mol. The Labute approximate surface area is 161 Å². The summed E-state index contributed by atoms with van der Waals surface area (Å²) in [6.45, 7) is 5.71. The van der Waals surface area contributed by atoms with Gasteiger partial charge in [0.15, 0.2) is 5.69 Å². The summed E-state index contributed by atoms with van der Waals surface area (Å²) >= 11 is 1.05. The topological polar surface area (TPSA) is 101 Å². The van der Waals surface area contributed by atoms with Gasteiger partial charge in [-0.25, -0.2) is 14.6 Å². The maximum Gasteiger partial charge on any atom is 0.357 e. The molecule has 0 saturated carbocycles. The fourth-order valence-corrected chi connectivity index (χ4v) is 2.83. The zero-order chi connectivity index (χ0) is 19.8. The van der Waals surface area contributed by atoms with Crippen molar-refractivity contribution in [2.75, 3.05) is 16.9 Å². The summed E-state index contributed by atoms with van der Waals surface area (Å²) in [7, 11) is 0. The summed E-state index contributed by atoms with van der Waals surface area (Å²) in [6, 6.07) is 6.64. The molecule has 0 fully saturated rings. The lowest BCUT2D eigenvalue weighted by Crippen LogP contribution is -2.48. The van der Waals surface area contributed by atoms with Crippen molar-refractivity contribution < 1.29 is 19.1 Å². The van der Waals surface area contributed by atoms with Crippen LogP contribution in [0.25, 0.3) is 0 Å². The minimum absolute atomic E-state index is 0.0785. The summed E-state index contributed by atoms with van der Waals surface area (Å²) in [5.74, 6) is -0.914. The van der Waals surface area contributed by atoms with Gasteiger partial charge in [0.2, 0.25) is 11.0 Å². The number of carbonyl (C=O) groups excluding carboxylic acids is 3. The number of nitrogens with one attached hydrogen (secondary N) is 2. The Morgan fingerprint density at radius 2 is 1.89 bits per heavy atom. The highest BCUT2D eigenvalue weighted by Gasteiger charge is 2.23. The van der Waals surface area contributed by atoms with Gasteiger partial charge in [-0.3, -0.25) is 10.2 Å². The standard InChI is InChI=1S/C18H22N4O4S/c1-4-6-15(23)21-22(17(25)19-13-9-7-12(3)8-10-13)18-20-14(11-27-18)16(24)26-5-2/h7-11H,4-6H2,1-3H3,(H,19,25)(H,21,23). The molecule has 0 aliphatic heterocycles. The number of ether oxygens (including phenoxy) is 1. The zero-order valence-electron chi connectivity index (χ0n) is 15.4. The smallest absolute Gasteiger partial charge is 0.357 e. The Kier molecular flexibility index (Phi) is 7.30. The van der Waals surface area contributed by atoms with Crippen LogP contribution in [-0.4, -0.2) is 29.5 Å². The van der Waals surface area contributed by atoms with Crippen molar-refractivity contribution in [1.29, 1.82) is 0 Å². The van der Waals surface area contributed by atoms with Gasteiger partial charge in [0, 0.05) is 17.5 Å². The number of rotatable bonds is 6. The van der Waals surface area contributed by atoms with Crippen LogP contribution in [-0.2, 0) is 9.53 Å². The molecule has 8 nitrogen and oxygen atoms in total. The van der Waals surface area contributed by atoms with Gasteiger partial charge in [0.05, 0.1) is 6.61 Å². The average molecular weight is 390 g/mol. The number of urea groups is 1. The van der Waals surface area contributed by atoms with E-state index in [0.717, 1.165) is 21.9 Å². The number of amides is 3. The molecule has 2 aromatic rings. The van der Waals surface area contributed by atoms with Gasteiger partial charge < -0.3 is 10.1 Å². The van der Waals surface area contributed by atoms with Crippen LogP contribution in [0.15, 0.2) is 29.6 Å². The number of benzene rings is 1. The number of hydrogen-bond donors (Lipinski definition) is 2. The SMILES string of the molecule is CCCC(=O)NN(C(=O)Nc1ccc(C)cc1)c1nc(C(=O)OCC)cs1. The molecular formula is C18H22N4O4S. The summed E-state index contributed by atoms with van der Waals surface area (Å²) < 4.78 is 4.91. The van der Waals surface area contributed by atoms with Crippen LogP contribution in [0.4, 0.5) is 15.6 Å². The van der Waals surface area contributed by atoms with Crippen molar-refractivity contribution in [2.24, 2.45) is 0 Å².